The molecular formula is C25H40IN3O3. The fraction of sp³-hybridized carbons (Fsp3) is 0.720. The maximum absolute atomic E-state index is 6.08. The van der Waals surface area contributed by atoms with Gasteiger partial charge in [-0.3, -0.25) is 4.99 Å². The van der Waals surface area contributed by atoms with Crippen LogP contribution < -0.4 is 10.6 Å². The number of ether oxygens (including phenoxy) is 3. The third kappa shape index (κ3) is 6.15. The standard InChI is InChI=1S/C25H39N3O3.HI/c1-3-30-23-16-22(25(23)11-4-5-12-25)28-24(26-2)27-17-19-7-6-8-20(15-19)18-31-21-9-13-29-14-10-21;/h6-8,15,21-23H,3-5,9-14,16-18H2,1-2H3,(H2,26,27,28);1H. The van der Waals surface area contributed by atoms with Gasteiger partial charge >= 0.3 is 0 Å². The summed E-state index contributed by atoms with van der Waals surface area (Å²) in [5, 5.41) is 7.21. The minimum absolute atomic E-state index is 0. The number of guanidine groups is 1. The maximum atomic E-state index is 6.08. The highest BCUT2D eigenvalue weighted by Gasteiger charge is 2.56. The van der Waals surface area contributed by atoms with E-state index in [9.17, 15) is 0 Å². The molecule has 1 aliphatic heterocycles. The van der Waals surface area contributed by atoms with Crippen LogP contribution in [0.2, 0.25) is 0 Å². The second-order valence-corrected chi connectivity index (χ2v) is 9.19. The quantitative estimate of drug-likeness (QED) is 0.282. The lowest BCUT2D eigenvalue weighted by atomic mass is 9.60. The van der Waals surface area contributed by atoms with Crippen LogP contribution in [-0.2, 0) is 27.4 Å². The molecule has 7 heteroatoms. The zero-order valence-electron chi connectivity index (χ0n) is 19.6. The summed E-state index contributed by atoms with van der Waals surface area (Å²) in [7, 11) is 1.85. The third-order valence-corrected chi connectivity index (χ3v) is 7.33. The van der Waals surface area contributed by atoms with Crippen molar-refractivity contribution in [3.05, 3.63) is 35.4 Å². The van der Waals surface area contributed by atoms with Crippen molar-refractivity contribution >= 4 is 29.9 Å². The van der Waals surface area contributed by atoms with E-state index in [4.69, 9.17) is 14.2 Å². The highest BCUT2D eigenvalue weighted by molar-refractivity contribution is 14.0. The van der Waals surface area contributed by atoms with Crippen molar-refractivity contribution in [2.75, 3.05) is 26.9 Å². The molecule has 180 valence electrons. The van der Waals surface area contributed by atoms with Crippen molar-refractivity contribution in [2.45, 2.75) is 83.3 Å². The van der Waals surface area contributed by atoms with Crippen LogP contribution >= 0.6 is 24.0 Å². The van der Waals surface area contributed by atoms with Crippen LogP contribution in [0, 0.1) is 5.41 Å². The van der Waals surface area contributed by atoms with Crippen LogP contribution in [0.5, 0.6) is 0 Å². The first-order valence-corrected chi connectivity index (χ1v) is 12.1. The Bertz CT molecular complexity index is 733. The normalized spacial score (nSPS) is 25.2. The number of nitrogens with one attached hydrogen (secondary N) is 2. The molecule has 6 nitrogen and oxygen atoms in total. The fourth-order valence-corrected chi connectivity index (χ4v) is 5.52. The van der Waals surface area contributed by atoms with Gasteiger partial charge in [0.1, 0.15) is 0 Å². The lowest BCUT2D eigenvalue weighted by Gasteiger charge is -2.54. The molecule has 1 heterocycles. The van der Waals surface area contributed by atoms with E-state index in [1.807, 2.05) is 7.05 Å². The van der Waals surface area contributed by atoms with Gasteiger partial charge in [0.2, 0.25) is 0 Å². The van der Waals surface area contributed by atoms with Gasteiger partial charge in [0, 0.05) is 44.9 Å². The van der Waals surface area contributed by atoms with Gasteiger partial charge in [0.25, 0.3) is 0 Å². The third-order valence-electron chi connectivity index (χ3n) is 7.33. The number of hydrogen-bond acceptors (Lipinski definition) is 4. The lowest BCUT2D eigenvalue weighted by Crippen LogP contribution is -2.65. The molecule has 4 rings (SSSR count). The topological polar surface area (TPSA) is 64.1 Å². The highest BCUT2D eigenvalue weighted by atomic mass is 127. The Labute approximate surface area is 210 Å². The minimum Gasteiger partial charge on any atom is -0.381 e. The molecule has 1 spiro atoms. The van der Waals surface area contributed by atoms with E-state index in [1.165, 1.54) is 36.8 Å². The predicted octanol–water partition coefficient (Wildman–Crippen LogP) is 4.40. The van der Waals surface area contributed by atoms with Gasteiger partial charge < -0.3 is 24.8 Å². The summed E-state index contributed by atoms with van der Waals surface area (Å²) in [4.78, 5) is 4.49. The summed E-state index contributed by atoms with van der Waals surface area (Å²) < 4.78 is 17.5. The number of benzene rings is 1. The molecule has 2 aliphatic carbocycles. The summed E-state index contributed by atoms with van der Waals surface area (Å²) in [6, 6.07) is 9.10. The molecule has 0 aromatic heterocycles. The number of halogens is 1. The molecule has 3 aliphatic rings. The van der Waals surface area contributed by atoms with Gasteiger partial charge in [0.05, 0.1) is 18.8 Å². The highest BCUT2D eigenvalue weighted by Crippen LogP contribution is 2.54. The number of rotatable bonds is 8. The van der Waals surface area contributed by atoms with Gasteiger partial charge in [-0.25, -0.2) is 0 Å². The van der Waals surface area contributed by atoms with Crippen LogP contribution in [-0.4, -0.2) is 51.1 Å². The predicted molar refractivity (Wildman–Crippen MR) is 139 cm³/mol. The zero-order valence-corrected chi connectivity index (χ0v) is 21.9. The van der Waals surface area contributed by atoms with E-state index in [0.717, 1.165) is 51.6 Å². The molecule has 0 bridgehead atoms. The van der Waals surface area contributed by atoms with E-state index in [1.54, 1.807) is 0 Å². The van der Waals surface area contributed by atoms with Crippen molar-refractivity contribution in [1.29, 1.82) is 0 Å². The van der Waals surface area contributed by atoms with Gasteiger partial charge in [0.15, 0.2) is 5.96 Å². The Kier molecular flexibility index (Phi) is 10.1. The van der Waals surface area contributed by atoms with E-state index >= 15 is 0 Å². The van der Waals surface area contributed by atoms with Crippen molar-refractivity contribution in [1.82, 2.24) is 10.6 Å². The maximum Gasteiger partial charge on any atom is 0.191 e. The van der Waals surface area contributed by atoms with Gasteiger partial charge in [-0.1, -0.05) is 37.1 Å². The lowest BCUT2D eigenvalue weighted by molar-refractivity contribution is -0.125. The number of hydrogen-bond donors (Lipinski definition) is 2. The molecule has 2 saturated carbocycles. The zero-order chi connectivity index (χ0) is 21.5. The fourth-order valence-electron chi connectivity index (χ4n) is 5.52. The molecule has 1 aromatic rings. The Morgan fingerprint density at radius 3 is 2.62 bits per heavy atom. The largest absolute Gasteiger partial charge is 0.381 e. The van der Waals surface area contributed by atoms with Crippen LogP contribution in [0.25, 0.3) is 0 Å². The Hall–Kier alpha value is -0.900. The molecule has 3 fully saturated rings. The van der Waals surface area contributed by atoms with Crippen molar-refractivity contribution < 1.29 is 14.2 Å². The summed E-state index contributed by atoms with van der Waals surface area (Å²) in [6.07, 6.45) is 8.96. The monoisotopic (exact) mass is 557 g/mol. The molecular weight excluding hydrogens is 517 g/mol. The van der Waals surface area contributed by atoms with Crippen molar-refractivity contribution in [2.24, 2.45) is 10.4 Å². The van der Waals surface area contributed by atoms with Crippen LogP contribution in [0.15, 0.2) is 29.3 Å². The second kappa shape index (κ2) is 12.5. The SMILES string of the molecule is CCOC1CC(NC(=NC)NCc2cccc(COC3CCOCC3)c2)C12CCCC2.I. The number of nitrogens with zero attached hydrogens (tertiary/aromatic N) is 1. The smallest absolute Gasteiger partial charge is 0.191 e. The van der Waals surface area contributed by atoms with Gasteiger partial charge in [-0.05, 0) is 50.2 Å². The Morgan fingerprint density at radius 2 is 1.91 bits per heavy atom. The molecule has 2 atom stereocenters. The van der Waals surface area contributed by atoms with Crippen molar-refractivity contribution in [3.8, 4) is 0 Å². The minimum atomic E-state index is 0. The van der Waals surface area contributed by atoms with E-state index in [0.29, 0.717) is 30.3 Å². The number of aliphatic imine (C=N–C) groups is 1. The first-order chi connectivity index (χ1) is 15.2. The first kappa shape index (κ1) is 25.7. The molecule has 2 unspecified atom stereocenters. The summed E-state index contributed by atoms with van der Waals surface area (Å²) >= 11 is 0. The second-order valence-electron chi connectivity index (χ2n) is 9.19. The average molecular weight is 558 g/mol. The average Bonchev–Trinajstić information content (AvgIpc) is 3.33. The first-order valence-electron chi connectivity index (χ1n) is 12.1. The summed E-state index contributed by atoms with van der Waals surface area (Å²) in [5.74, 6) is 0.884. The molecule has 2 N–H and O–H groups in total. The summed E-state index contributed by atoms with van der Waals surface area (Å²) in [5.41, 5.74) is 2.76. The Balaban J connectivity index is 0.00000289. The molecule has 32 heavy (non-hydrogen) atoms. The molecule has 1 saturated heterocycles. The van der Waals surface area contributed by atoms with E-state index in [-0.39, 0.29) is 24.0 Å². The van der Waals surface area contributed by atoms with Crippen molar-refractivity contribution in [3.63, 3.8) is 0 Å². The van der Waals surface area contributed by atoms with Gasteiger partial charge in [-0.2, -0.15) is 0 Å². The molecule has 0 radical (unpaired) electrons. The van der Waals surface area contributed by atoms with Crippen LogP contribution in [0.1, 0.15) is 63.0 Å². The summed E-state index contributed by atoms with van der Waals surface area (Å²) in [6.45, 7) is 5.95. The van der Waals surface area contributed by atoms with Crippen LogP contribution in [0.4, 0.5) is 0 Å². The van der Waals surface area contributed by atoms with E-state index < -0.39 is 0 Å². The Morgan fingerprint density at radius 1 is 1.16 bits per heavy atom. The van der Waals surface area contributed by atoms with Crippen LogP contribution in [0.3, 0.4) is 0 Å². The molecule has 1 aromatic carbocycles. The van der Waals surface area contributed by atoms with E-state index in [2.05, 4.69) is 46.8 Å². The van der Waals surface area contributed by atoms with Gasteiger partial charge in [-0.15, -0.1) is 24.0 Å². The molecule has 0 amide bonds.